The molecule has 2 aliphatic carbocycles. The molecule has 2 aromatic rings. The third kappa shape index (κ3) is 3.21. The summed E-state index contributed by atoms with van der Waals surface area (Å²) in [6.45, 7) is -0.643. The molecule has 1 spiro atoms. The van der Waals surface area contributed by atoms with Crippen LogP contribution >= 0.6 is 0 Å². The van der Waals surface area contributed by atoms with Crippen LogP contribution in [-0.4, -0.2) is 41.6 Å². The number of nitrogens with zero attached hydrogens (tertiary/aromatic N) is 3. The number of aromatic nitrogens is 1. The highest BCUT2D eigenvalue weighted by molar-refractivity contribution is 5.94. The van der Waals surface area contributed by atoms with E-state index in [1.165, 1.54) is 4.90 Å². The molecule has 5 rings (SSSR count). The molecular formula is C22H21F3N4O. The van der Waals surface area contributed by atoms with Crippen molar-refractivity contribution in [3.63, 3.8) is 0 Å². The highest BCUT2D eigenvalue weighted by atomic mass is 19.4. The lowest BCUT2D eigenvalue weighted by molar-refractivity contribution is -0.144. The summed E-state index contributed by atoms with van der Waals surface area (Å²) in [5.74, 6) is -0.420. The van der Waals surface area contributed by atoms with Gasteiger partial charge in [-0.3, -0.25) is 9.69 Å². The fraction of sp³-hybridized carbons (Fsp3) is 0.500. The maximum Gasteiger partial charge on any atom is 0.401 e. The second-order valence-corrected chi connectivity index (χ2v) is 8.93. The average molecular weight is 414 g/mol. The van der Waals surface area contributed by atoms with E-state index < -0.39 is 18.6 Å². The summed E-state index contributed by atoms with van der Waals surface area (Å²) in [7, 11) is 0. The average Bonchev–Trinajstić information content (AvgIpc) is 3.56. The second kappa shape index (κ2) is 6.42. The molecule has 1 amide bonds. The number of carbonyl (C=O) groups excluding carboxylic acids is 1. The maximum absolute atomic E-state index is 12.6. The number of rotatable bonds is 4. The molecule has 2 atom stereocenters. The molecule has 2 heterocycles. The molecule has 156 valence electrons. The van der Waals surface area contributed by atoms with Crippen LogP contribution in [-0.2, 0) is 10.2 Å². The van der Waals surface area contributed by atoms with E-state index >= 15 is 0 Å². The lowest BCUT2D eigenvalue weighted by atomic mass is 9.92. The zero-order chi connectivity index (χ0) is 21.1. The van der Waals surface area contributed by atoms with E-state index in [2.05, 4.69) is 16.4 Å². The first-order chi connectivity index (χ1) is 14.2. The molecule has 3 aliphatic rings. The predicted molar refractivity (Wildman–Crippen MR) is 105 cm³/mol. The molecular weight excluding hydrogens is 393 g/mol. The number of likely N-dealkylation sites (tertiary alicyclic amines) is 1. The van der Waals surface area contributed by atoms with E-state index in [4.69, 9.17) is 0 Å². The van der Waals surface area contributed by atoms with E-state index in [-0.39, 0.29) is 29.8 Å². The van der Waals surface area contributed by atoms with Gasteiger partial charge in [-0.05, 0) is 60.7 Å². The zero-order valence-corrected chi connectivity index (χ0v) is 16.3. The largest absolute Gasteiger partial charge is 0.401 e. The van der Waals surface area contributed by atoms with Gasteiger partial charge in [-0.1, -0.05) is 12.1 Å². The fourth-order valence-electron chi connectivity index (χ4n) is 5.00. The topological polar surface area (TPSA) is 69.0 Å². The molecule has 8 heteroatoms. The van der Waals surface area contributed by atoms with Gasteiger partial charge in [-0.15, -0.1) is 0 Å². The number of hydrogen-bond acceptors (Lipinski definition) is 4. The van der Waals surface area contributed by atoms with Gasteiger partial charge >= 0.3 is 6.18 Å². The van der Waals surface area contributed by atoms with Crippen LogP contribution in [0, 0.1) is 22.7 Å². The van der Waals surface area contributed by atoms with Gasteiger partial charge in [0.2, 0.25) is 5.91 Å². The monoisotopic (exact) mass is 414 g/mol. The van der Waals surface area contributed by atoms with E-state index in [9.17, 15) is 23.2 Å². The Kier molecular flexibility index (Phi) is 4.13. The highest BCUT2D eigenvalue weighted by Gasteiger charge is 2.75. The van der Waals surface area contributed by atoms with Crippen molar-refractivity contribution >= 4 is 22.5 Å². The number of nitriles is 1. The summed E-state index contributed by atoms with van der Waals surface area (Å²) in [5, 5.41) is 14.3. The normalized spacial score (nSPS) is 27.2. The van der Waals surface area contributed by atoms with Gasteiger partial charge in [-0.25, -0.2) is 4.98 Å². The summed E-state index contributed by atoms with van der Waals surface area (Å²) < 4.78 is 37.7. The highest BCUT2D eigenvalue weighted by Crippen LogP contribution is 2.78. The van der Waals surface area contributed by atoms with Crippen molar-refractivity contribution in [3.8, 4) is 6.07 Å². The van der Waals surface area contributed by atoms with Crippen LogP contribution in [0.25, 0.3) is 10.8 Å². The summed E-state index contributed by atoms with van der Waals surface area (Å²) in [4.78, 5) is 18.1. The minimum atomic E-state index is -4.26. The summed E-state index contributed by atoms with van der Waals surface area (Å²) in [6, 6.07) is 10.2. The first-order valence-corrected chi connectivity index (χ1v) is 10.2. The molecule has 1 saturated heterocycles. The smallest absolute Gasteiger partial charge is 0.310 e. The van der Waals surface area contributed by atoms with Crippen LogP contribution in [0.3, 0.4) is 0 Å². The number of alkyl halides is 3. The van der Waals surface area contributed by atoms with Crippen LogP contribution in [0.15, 0.2) is 30.5 Å². The van der Waals surface area contributed by atoms with E-state index in [0.29, 0.717) is 12.2 Å². The van der Waals surface area contributed by atoms with E-state index in [1.807, 2.05) is 18.2 Å². The first kappa shape index (κ1) is 19.3. The Morgan fingerprint density at radius 2 is 2.10 bits per heavy atom. The van der Waals surface area contributed by atoms with Crippen molar-refractivity contribution in [2.24, 2.45) is 11.3 Å². The van der Waals surface area contributed by atoms with Crippen molar-refractivity contribution in [1.29, 1.82) is 5.26 Å². The van der Waals surface area contributed by atoms with Gasteiger partial charge in [0.05, 0.1) is 23.9 Å². The van der Waals surface area contributed by atoms with Gasteiger partial charge < -0.3 is 5.32 Å². The fourth-order valence-corrected chi connectivity index (χ4v) is 5.00. The lowest BCUT2D eigenvalue weighted by Crippen LogP contribution is -2.34. The minimum Gasteiger partial charge on any atom is -0.310 e. The van der Waals surface area contributed by atoms with Crippen molar-refractivity contribution in [3.05, 3.63) is 36.0 Å². The predicted octanol–water partition coefficient (Wildman–Crippen LogP) is 4.00. The Balaban J connectivity index is 1.31. The molecule has 1 aliphatic heterocycles. The number of nitrogens with one attached hydrogen (secondary N) is 1. The van der Waals surface area contributed by atoms with Gasteiger partial charge in [0.1, 0.15) is 5.82 Å². The molecule has 5 nitrogen and oxygen atoms in total. The molecule has 1 aromatic heterocycles. The van der Waals surface area contributed by atoms with Gasteiger partial charge in [0.25, 0.3) is 0 Å². The Labute approximate surface area is 171 Å². The number of anilines is 1. The number of halogens is 3. The quantitative estimate of drug-likeness (QED) is 0.821. The number of carbonyl (C=O) groups is 1. The standard InChI is InChI=1S/C22H21F3N4O/c23-22(24,25)13-29-6-3-15(10-29)19(30)28-18-8-16-7-17(2-1-14(16)9-27-18)21(12-26)11-20(21)4-5-20/h1-2,7-9,15H,3-6,10-11,13H2,(H,27,28,30). The van der Waals surface area contributed by atoms with E-state index in [1.54, 1.807) is 12.3 Å². The molecule has 3 fully saturated rings. The molecule has 2 unspecified atom stereocenters. The molecule has 2 saturated carbocycles. The zero-order valence-electron chi connectivity index (χ0n) is 16.3. The summed E-state index contributed by atoms with van der Waals surface area (Å²) >= 11 is 0. The third-order valence-corrected chi connectivity index (χ3v) is 6.94. The Hall–Kier alpha value is -2.66. The number of benzene rings is 1. The third-order valence-electron chi connectivity index (χ3n) is 6.94. The number of pyridine rings is 1. The first-order valence-electron chi connectivity index (χ1n) is 10.2. The van der Waals surface area contributed by atoms with Crippen molar-refractivity contribution < 1.29 is 18.0 Å². The van der Waals surface area contributed by atoms with Crippen molar-refractivity contribution in [1.82, 2.24) is 9.88 Å². The van der Waals surface area contributed by atoms with Gasteiger partial charge in [0, 0.05) is 18.1 Å². The SMILES string of the molecule is N#CC1(c2ccc3cnc(NC(=O)C4CCN(CC(F)(F)F)C4)cc3c2)CC12CC2. The van der Waals surface area contributed by atoms with Crippen LogP contribution in [0.2, 0.25) is 0 Å². The number of fused-ring (bicyclic) bond motifs is 1. The number of hydrogen-bond donors (Lipinski definition) is 1. The Bertz CT molecular complexity index is 1070. The van der Waals surface area contributed by atoms with Crippen LogP contribution in [0.5, 0.6) is 0 Å². The lowest BCUT2D eigenvalue weighted by Gasteiger charge is -2.17. The second-order valence-electron chi connectivity index (χ2n) is 8.93. The van der Waals surface area contributed by atoms with Gasteiger partial charge in [-0.2, -0.15) is 18.4 Å². The van der Waals surface area contributed by atoms with E-state index in [0.717, 1.165) is 35.6 Å². The molecule has 0 radical (unpaired) electrons. The van der Waals surface area contributed by atoms with Crippen LogP contribution in [0.1, 0.15) is 31.2 Å². The molecule has 1 N–H and O–H groups in total. The summed E-state index contributed by atoms with van der Waals surface area (Å²) in [6.07, 6.45) is 0.910. The Morgan fingerprint density at radius 3 is 2.77 bits per heavy atom. The molecule has 30 heavy (non-hydrogen) atoms. The van der Waals surface area contributed by atoms with Crippen molar-refractivity contribution in [2.75, 3.05) is 25.0 Å². The number of amides is 1. The van der Waals surface area contributed by atoms with Crippen LogP contribution < -0.4 is 5.32 Å². The molecule has 1 aromatic carbocycles. The van der Waals surface area contributed by atoms with Crippen molar-refractivity contribution in [2.45, 2.75) is 37.3 Å². The summed E-state index contributed by atoms with van der Waals surface area (Å²) in [5.41, 5.74) is 0.793. The minimum absolute atomic E-state index is 0.0931. The molecule has 0 bridgehead atoms. The maximum atomic E-state index is 12.6. The van der Waals surface area contributed by atoms with Crippen LogP contribution in [0.4, 0.5) is 19.0 Å². The Morgan fingerprint density at radius 1 is 1.30 bits per heavy atom. The van der Waals surface area contributed by atoms with Gasteiger partial charge in [0.15, 0.2) is 0 Å².